The van der Waals surface area contributed by atoms with Crippen molar-refractivity contribution in [2.75, 3.05) is 18.6 Å². The van der Waals surface area contributed by atoms with Crippen LogP contribution in [0.15, 0.2) is 0 Å². The van der Waals surface area contributed by atoms with E-state index in [9.17, 15) is 8.42 Å². The quantitative estimate of drug-likeness (QED) is 0.707. The number of rotatable bonds is 1. The summed E-state index contributed by atoms with van der Waals surface area (Å²) in [6, 6.07) is 0.207. The molecule has 0 aromatic carbocycles. The van der Waals surface area contributed by atoms with Gasteiger partial charge in [0.1, 0.15) is 0 Å². The highest BCUT2D eigenvalue weighted by Gasteiger charge is 2.40. The Balaban J connectivity index is 2.17. The molecule has 1 aliphatic heterocycles. The zero-order valence-electron chi connectivity index (χ0n) is 8.70. The Bertz CT molecular complexity index is 285. The number of fused-ring (bicyclic) bond motifs is 1. The summed E-state index contributed by atoms with van der Waals surface area (Å²) in [5.41, 5.74) is 0. The van der Waals surface area contributed by atoms with E-state index in [1.165, 1.54) is 19.3 Å². The molecular formula is C10H19NO2S. The summed E-state index contributed by atoms with van der Waals surface area (Å²) >= 11 is 0. The second kappa shape index (κ2) is 3.81. The lowest BCUT2D eigenvalue weighted by Crippen LogP contribution is -2.50. The van der Waals surface area contributed by atoms with Crippen LogP contribution in [0.5, 0.6) is 0 Å². The van der Waals surface area contributed by atoms with Gasteiger partial charge >= 0.3 is 0 Å². The van der Waals surface area contributed by atoms with Crippen LogP contribution >= 0.6 is 0 Å². The van der Waals surface area contributed by atoms with Crippen LogP contribution in [0.2, 0.25) is 0 Å². The van der Waals surface area contributed by atoms with Crippen LogP contribution < -0.4 is 5.32 Å². The Hall–Kier alpha value is -0.0900. The molecule has 2 unspecified atom stereocenters. The van der Waals surface area contributed by atoms with E-state index in [1.807, 2.05) is 7.05 Å². The highest BCUT2D eigenvalue weighted by molar-refractivity contribution is 7.91. The van der Waals surface area contributed by atoms with Gasteiger partial charge in [-0.25, -0.2) is 8.42 Å². The van der Waals surface area contributed by atoms with Crippen LogP contribution in [0.4, 0.5) is 0 Å². The largest absolute Gasteiger partial charge is 0.316 e. The summed E-state index contributed by atoms with van der Waals surface area (Å²) in [6.45, 7) is 0. The highest BCUT2D eigenvalue weighted by atomic mass is 32.2. The van der Waals surface area contributed by atoms with Gasteiger partial charge in [0, 0.05) is 6.04 Å². The molecule has 1 N–H and O–H groups in total. The maximum absolute atomic E-state index is 11.6. The molecule has 3 atom stereocenters. The summed E-state index contributed by atoms with van der Waals surface area (Å²) in [7, 11) is -0.891. The van der Waals surface area contributed by atoms with Crippen molar-refractivity contribution in [3.63, 3.8) is 0 Å². The minimum atomic E-state index is -2.78. The highest BCUT2D eigenvalue weighted by Crippen LogP contribution is 2.37. The first kappa shape index (κ1) is 10.4. The first-order valence-electron chi connectivity index (χ1n) is 5.50. The van der Waals surface area contributed by atoms with E-state index >= 15 is 0 Å². The molecule has 0 amide bonds. The van der Waals surface area contributed by atoms with Crippen LogP contribution in [0.1, 0.15) is 25.7 Å². The van der Waals surface area contributed by atoms with Crippen molar-refractivity contribution in [3.05, 3.63) is 0 Å². The first-order chi connectivity index (χ1) is 6.62. The smallest absolute Gasteiger partial charge is 0.152 e. The molecule has 0 aromatic heterocycles. The van der Waals surface area contributed by atoms with E-state index in [0.29, 0.717) is 23.3 Å². The number of sulfone groups is 1. The van der Waals surface area contributed by atoms with Crippen molar-refractivity contribution in [1.29, 1.82) is 0 Å². The molecule has 2 fully saturated rings. The number of nitrogens with one attached hydrogen (secondary N) is 1. The molecule has 3 nitrogen and oxygen atoms in total. The first-order valence-corrected chi connectivity index (χ1v) is 7.32. The summed E-state index contributed by atoms with van der Waals surface area (Å²) in [5, 5.41) is 3.18. The van der Waals surface area contributed by atoms with Crippen molar-refractivity contribution >= 4 is 9.84 Å². The maximum atomic E-state index is 11.6. The molecule has 0 radical (unpaired) electrons. The zero-order chi connectivity index (χ0) is 10.2. The minimum Gasteiger partial charge on any atom is -0.316 e. The summed E-state index contributed by atoms with van der Waals surface area (Å²) in [4.78, 5) is 0. The van der Waals surface area contributed by atoms with E-state index in [-0.39, 0.29) is 6.04 Å². The minimum absolute atomic E-state index is 0.207. The topological polar surface area (TPSA) is 46.2 Å². The van der Waals surface area contributed by atoms with Crippen molar-refractivity contribution in [2.45, 2.75) is 31.7 Å². The molecule has 0 bridgehead atoms. The van der Waals surface area contributed by atoms with Crippen molar-refractivity contribution in [2.24, 2.45) is 11.8 Å². The molecular weight excluding hydrogens is 198 g/mol. The molecule has 1 saturated heterocycles. The monoisotopic (exact) mass is 217 g/mol. The van der Waals surface area contributed by atoms with Gasteiger partial charge < -0.3 is 5.32 Å². The lowest BCUT2D eigenvalue weighted by atomic mass is 9.76. The van der Waals surface area contributed by atoms with Crippen molar-refractivity contribution < 1.29 is 8.42 Å². The summed E-state index contributed by atoms with van der Waals surface area (Å²) < 4.78 is 23.3. The second-order valence-electron chi connectivity index (χ2n) is 4.68. The average molecular weight is 217 g/mol. The summed E-state index contributed by atoms with van der Waals surface area (Å²) in [5.74, 6) is 1.83. The maximum Gasteiger partial charge on any atom is 0.152 e. The Kier molecular flexibility index (Phi) is 2.84. The Morgan fingerprint density at radius 1 is 1.14 bits per heavy atom. The average Bonchev–Trinajstić information content (AvgIpc) is 2.15. The lowest BCUT2D eigenvalue weighted by molar-refractivity contribution is 0.201. The Morgan fingerprint density at radius 3 is 2.57 bits per heavy atom. The third-order valence-electron chi connectivity index (χ3n) is 3.76. The predicted octanol–water partition coefficient (Wildman–Crippen LogP) is 0.809. The fourth-order valence-electron chi connectivity index (χ4n) is 3.06. The molecule has 0 spiro atoms. The van der Waals surface area contributed by atoms with Crippen LogP contribution in [-0.4, -0.2) is 33.0 Å². The van der Waals surface area contributed by atoms with Gasteiger partial charge in [0.25, 0.3) is 0 Å². The van der Waals surface area contributed by atoms with Gasteiger partial charge in [-0.15, -0.1) is 0 Å². The SMILES string of the molecule is CN[C@@H]1CS(=O)(=O)CC2CCCCC21. The Morgan fingerprint density at radius 2 is 1.86 bits per heavy atom. The van der Waals surface area contributed by atoms with Gasteiger partial charge in [0.15, 0.2) is 9.84 Å². The number of hydrogen-bond acceptors (Lipinski definition) is 3. The van der Waals surface area contributed by atoms with Crippen molar-refractivity contribution in [3.8, 4) is 0 Å². The standard InChI is InChI=1S/C10H19NO2S/c1-11-10-7-14(12,13)6-8-4-2-3-5-9(8)10/h8-11H,2-7H2,1H3/t8?,9?,10-/m1/s1. The molecule has 1 heterocycles. The van der Waals surface area contributed by atoms with E-state index in [0.717, 1.165) is 6.42 Å². The third kappa shape index (κ3) is 1.96. The van der Waals surface area contributed by atoms with Crippen molar-refractivity contribution in [1.82, 2.24) is 5.32 Å². The van der Waals surface area contributed by atoms with Gasteiger partial charge in [-0.1, -0.05) is 12.8 Å². The second-order valence-corrected chi connectivity index (χ2v) is 6.83. The Labute approximate surface area is 86.2 Å². The predicted molar refractivity (Wildman–Crippen MR) is 56.9 cm³/mol. The van der Waals surface area contributed by atoms with E-state index in [1.54, 1.807) is 0 Å². The van der Waals surface area contributed by atoms with E-state index < -0.39 is 9.84 Å². The van der Waals surface area contributed by atoms with Gasteiger partial charge in [-0.2, -0.15) is 0 Å². The molecule has 1 saturated carbocycles. The summed E-state index contributed by atoms with van der Waals surface area (Å²) in [6.07, 6.45) is 4.82. The molecule has 0 aromatic rings. The molecule has 1 aliphatic carbocycles. The number of hydrogen-bond donors (Lipinski definition) is 1. The van der Waals surface area contributed by atoms with E-state index in [2.05, 4.69) is 5.32 Å². The van der Waals surface area contributed by atoms with Crippen LogP contribution in [0.3, 0.4) is 0 Å². The van der Waals surface area contributed by atoms with Crippen LogP contribution in [-0.2, 0) is 9.84 Å². The van der Waals surface area contributed by atoms with Gasteiger partial charge in [-0.05, 0) is 31.7 Å². The van der Waals surface area contributed by atoms with Gasteiger partial charge in [0.05, 0.1) is 11.5 Å². The van der Waals surface area contributed by atoms with Crippen LogP contribution in [0, 0.1) is 11.8 Å². The van der Waals surface area contributed by atoms with Crippen LogP contribution in [0.25, 0.3) is 0 Å². The fourth-order valence-corrected chi connectivity index (χ4v) is 5.23. The molecule has 2 rings (SSSR count). The van der Waals surface area contributed by atoms with Gasteiger partial charge in [-0.3, -0.25) is 0 Å². The third-order valence-corrected chi connectivity index (χ3v) is 5.56. The lowest BCUT2D eigenvalue weighted by Gasteiger charge is -2.40. The fraction of sp³-hybridized carbons (Fsp3) is 1.00. The van der Waals surface area contributed by atoms with Gasteiger partial charge in [0.2, 0.25) is 0 Å². The zero-order valence-corrected chi connectivity index (χ0v) is 9.52. The normalized spacial score (nSPS) is 41.6. The molecule has 14 heavy (non-hydrogen) atoms. The van der Waals surface area contributed by atoms with E-state index in [4.69, 9.17) is 0 Å². The molecule has 4 heteroatoms. The molecule has 2 aliphatic rings. The molecule has 82 valence electrons.